The van der Waals surface area contributed by atoms with Crippen LogP contribution in [0.15, 0.2) is 66.7 Å². The second-order valence-corrected chi connectivity index (χ2v) is 8.05. The number of aromatic amines is 2. The van der Waals surface area contributed by atoms with Crippen molar-refractivity contribution in [2.24, 2.45) is 0 Å². The molecular formula is C26H19BMnN4O2. The van der Waals surface area contributed by atoms with Crippen LogP contribution in [0.5, 0.6) is 0 Å². The number of aromatic nitrogens is 4. The Balaban J connectivity index is 0.00000241. The second-order valence-electron chi connectivity index (χ2n) is 8.05. The van der Waals surface area contributed by atoms with E-state index in [1.807, 2.05) is 78.9 Å². The Bertz CT molecular complexity index is 1620. The number of nitrogens with one attached hydrogen (secondary N) is 2. The van der Waals surface area contributed by atoms with Crippen molar-refractivity contribution >= 4 is 59.0 Å². The van der Waals surface area contributed by atoms with E-state index in [1.165, 1.54) is 0 Å². The van der Waals surface area contributed by atoms with Crippen molar-refractivity contribution in [1.82, 2.24) is 19.9 Å². The van der Waals surface area contributed by atoms with E-state index in [2.05, 4.69) is 9.97 Å². The van der Waals surface area contributed by atoms with Crippen LogP contribution in [0.3, 0.4) is 0 Å². The molecule has 1 aromatic carbocycles. The van der Waals surface area contributed by atoms with Gasteiger partial charge in [0.15, 0.2) is 0 Å². The Morgan fingerprint density at radius 1 is 0.588 bits per heavy atom. The Morgan fingerprint density at radius 3 is 1.76 bits per heavy atom. The maximum Gasteiger partial charge on any atom is 0.489 e. The third kappa shape index (κ3) is 4.28. The smallest absolute Gasteiger partial charge is 0.423 e. The molecule has 2 aliphatic rings. The normalized spacial score (nSPS) is 11.9. The van der Waals surface area contributed by atoms with Gasteiger partial charge in [-0.25, -0.2) is 9.97 Å². The van der Waals surface area contributed by atoms with Gasteiger partial charge in [0.05, 0.1) is 22.8 Å². The molecule has 0 amide bonds. The van der Waals surface area contributed by atoms with E-state index < -0.39 is 7.12 Å². The van der Waals surface area contributed by atoms with E-state index in [0.29, 0.717) is 5.46 Å². The number of benzene rings is 1. The molecule has 34 heavy (non-hydrogen) atoms. The number of nitrogens with zero attached hydrogens (tertiary/aromatic N) is 2. The van der Waals surface area contributed by atoms with Gasteiger partial charge < -0.3 is 20.0 Å². The molecule has 5 heterocycles. The van der Waals surface area contributed by atoms with Gasteiger partial charge in [-0.15, -0.1) is 0 Å². The van der Waals surface area contributed by atoms with Gasteiger partial charge in [-0.3, -0.25) is 0 Å². The van der Waals surface area contributed by atoms with E-state index in [1.54, 1.807) is 12.1 Å². The van der Waals surface area contributed by atoms with Gasteiger partial charge in [0.25, 0.3) is 0 Å². The summed E-state index contributed by atoms with van der Waals surface area (Å²) in [4.78, 5) is 16.3. The van der Waals surface area contributed by atoms with Gasteiger partial charge in [0, 0.05) is 44.7 Å². The standard InChI is InChI=1S/C26H19BN4O2.Mn/c32-27(33)25-4-2-1-3-23(25)24-14-22-13-20-8-7-18(29-20)11-16-5-6-17(28-16)12-19-9-10-21(30-19)15-26(24)31-22;/h1-15,28,31-33H;. The van der Waals surface area contributed by atoms with Crippen molar-refractivity contribution in [3.63, 3.8) is 0 Å². The molecule has 0 aliphatic carbocycles. The molecule has 8 heteroatoms. The molecule has 0 atom stereocenters. The molecule has 0 fully saturated rings. The van der Waals surface area contributed by atoms with Crippen LogP contribution in [0.25, 0.3) is 57.5 Å². The summed E-state index contributed by atoms with van der Waals surface area (Å²) in [6.07, 6.45) is 7.89. The molecule has 6 nitrogen and oxygen atoms in total. The number of hydrogen-bond donors (Lipinski definition) is 4. The second kappa shape index (κ2) is 8.93. The third-order valence-electron chi connectivity index (χ3n) is 5.70. The topological polar surface area (TPSA) is 97.8 Å². The average Bonchev–Trinajstić information content (AvgIpc) is 3.59. The molecule has 2 aliphatic heterocycles. The number of H-pyrrole nitrogens is 2. The van der Waals surface area contributed by atoms with Crippen molar-refractivity contribution in [1.29, 1.82) is 0 Å². The number of rotatable bonds is 2. The summed E-state index contributed by atoms with van der Waals surface area (Å²) in [6.45, 7) is 0. The van der Waals surface area contributed by atoms with Crippen LogP contribution in [0.4, 0.5) is 0 Å². The fourth-order valence-electron chi connectivity index (χ4n) is 4.21. The number of hydrogen-bond acceptors (Lipinski definition) is 4. The summed E-state index contributed by atoms with van der Waals surface area (Å²) in [5.74, 6) is 0. The summed E-state index contributed by atoms with van der Waals surface area (Å²) in [5.41, 5.74) is 9.01. The van der Waals surface area contributed by atoms with E-state index in [0.717, 1.165) is 56.0 Å². The summed E-state index contributed by atoms with van der Waals surface area (Å²) >= 11 is 0. The van der Waals surface area contributed by atoms with Gasteiger partial charge in [-0.05, 0) is 77.8 Å². The molecule has 0 saturated heterocycles. The van der Waals surface area contributed by atoms with Crippen LogP contribution >= 0.6 is 0 Å². The van der Waals surface area contributed by atoms with Gasteiger partial charge in [-0.2, -0.15) is 0 Å². The largest absolute Gasteiger partial charge is 0.489 e. The van der Waals surface area contributed by atoms with Crippen LogP contribution in [0.1, 0.15) is 22.8 Å². The Hall–Kier alpha value is -3.68. The van der Waals surface area contributed by atoms with Crippen molar-refractivity contribution in [2.45, 2.75) is 0 Å². The van der Waals surface area contributed by atoms with Crippen LogP contribution in [0.2, 0.25) is 0 Å². The summed E-state index contributed by atoms with van der Waals surface area (Å²) < 4.78 is 0. The van der Waals surface area contributed by atoms with Gasteiger partial charge in [0.2, 0.25) is 0 Å². The van der Waals surface area contributed by atoms with Crippen molar-refractivity contribution < 1.29 is 27.1 Å². The quantitative estimate of drug-likeness (QED) is 0.279. The van der Waals surface area contributed by atoms with Gasteiger partial charge in [0.1, 0.15) is 0 Å². The molecule has 0 saturated carbocycles. The minimum absolute atomic E-state index is 0. The van der Waals surface area contributed by atoms with E-state index in [9.17, 15) is 10.0 Å². The Kier molecular flexibility index (Phi) is 5.81. The molecule has 4 aromatic rings. The van der Waals surface area contributed by atoms with Crippen LogP contribution in [-0.4, -0.2) is 37.1 Å². The fourth-order valence-corrected chi connectivity index (χ4v) is 4.21. The van der Waals surface area contributed by atoms with Crippen molar-refractivity contribution in [2.75, 3.05) is 0 Å². The molecule has 165 valence electrons. The predicted octanol–water partition coefficient (Wildman–Crippen LogP) is 4.00. The molecule has 4 N–H and O–H groups in total. The molecule has 0 spiro atoms. The maximum absolute atomic E-state index is 9.92. The maximum atomic E-state index is 9.92. The van der Waals surface area contributed by atoms with Crippen molar-refractivity contribution in [3.8, 4) is 11.1 Å². The molecule has 3 aromatic heterocycles. The van der Waals surface area contributed by atoms with Crippen molar-refractivity contribution in [3.05, 3.63) is 89.5 Å². The van der Waals surface area contributed by atoms with E-state index >= 15 is 0 Å². The zero-order valence-corrected chi connectivity index (χ0v) is 19.1. The van der Waals surface area contributed by atoms with Crippen LogP contribution in [0, 0.1) is 0 Å². The van der Waals surface area contributed by atoms with Crippen LogP contribution < -0.4 is 5.46 Å². The average molecular weight is 485 g/mol. The monoisotopic (exact) mass is 485 g/mol. The first-order valence-corrected chi connectivity index (χ1v) is 10.6. The van der Waals surface area contributed by atoms with Crippen LogP contribution in [-0.2, 0) is 17.1 Å². The zero-order chi connectivity index (χ0) is 22.4. The SMILES string of the molecule is OB(O)c1ccccc1-c1cc2cc3nc(cc4ccc(cc5nc(cc1[nH]2)C=C5)[nH]4)C=C3.[Mn]. The summed E-state index contributed by atoms with van der Waals surface area (Å²) in [6, 6.07) is 21.3. The molecule has 0 unspecified atom stereocenters. The molecule has 1 radical (unpaired) electrons. The molecular weight excluding hydrogens is 466 g/mol. The first-order valence-electron chi connectivity index (χ1n) is 10.6. The first kappa shape index (κ1) is 22.1. The van der Waals surface area contributed by atoms with Gasteiger partial charge >= 0.3 is 7.12 Å². The fraction of sp³-hybridized carbons (Fsp3) is 0. The first-order chi connectivity index (χ1) is 16.1. The van der Waals surface area contributed by atoms with E-state index in [4.69, 9.17) is 9.97 Å². The molecule has 8 bridgehead atoms. The van der Waals surface area contributed by atoms with E-state index in [-0.39, 0.29) is 17.1 Å². The predicted molar refractivity (Wildman–Crippen MR) is 134 cm³/mol. The minimum Gasteiger partial charge on any atom is -0.423 e. The Labute approximate surface area is 206 Å². The molecule has 6 rings (SSSR count). The Morgan fingerprint density at radius 2 is 1.15 bits per heavy atom. The number of fused-ring (bicyclic) bond motifs is 8. The summed E-state index contributed by atoms with van der Waals surface area (Å²) in [7, 11) is -1.57. The minimum atomic E-state index is -1.57. The summed E-state index contributed by atoms with van der Waals surface area (Å²) in [5, 5.41) is 19.8. The van der Waals surface area contributed by atoms with Gasteiger partial charge in [-0.1, -0.05) is 24.3 Å². The zero-order valence-electron chi connectivity index (χ0n) is 17.9. The third-order valence-corrected chi connectivity index (χ3v) is 5.70.